The minimum absolute atomic E-state index is 0.163. The second-order valence-corrected chi connectivity index (χ2v) is 6.29. The molecule has 1 aromatic heterocycles. The summed E-state index contributed by atoms with van der Waals surface area (Å²) in [7, 11) is 1.66. The average Bonchev–Trinajstić information content (AvgIpc) is 3.10. The van der Waals surface area contributed by atoms with E-state index in [9.17, 15) is 13.6 Å². The summed E-state index contributed by atoms with van der Waals surface area (Å²) < 4.78 is 31.3. The highest BCUT2D eigenvalue weighted by molar-refractivity contribution is 5.91. The molecule has 1 amide bonds. The molecule has 2 aromatic carbocycles. The van der Waals surface area contributed by atoms with Crippen molar-refractivity contribution in [3.63, 3.8) is 0 Å². The third-order valence-electron chi connectivity index (χ3n) is 4.09. The van der Waals surface area contributed by atoms with Crippen LogP contribution in [0.3, 0.4) is 0 Å². The number of benzene rings is 2. The van der Waals surface area contributed by atoms with Gasteiger partial charge in [0.1, 0.15) is 0 Å². The molecule has 6 nitrogen and oxygen atoms in total. The molecule has 3 aromatic rings. The Morgan fingerprint density at radius 2 is 1.79 bits per heavy atom. The van der Waals surface area contributed by atoms with Crippen molar-refractivity contribution in [1.82, 2.24) is 15.0 Å². The monoisotopic (exact) mass is 386 g/mol. The van der Waals surface area contributed by atoms with Crippen LogP contribution in [0.15, 0.2) is 48.7 Å². The molecule has 0 fully saturated rings. The molecule has 8 heteroatoms. The molecule has 3 rings (SSSR count). The van der Waals surface area contributed by atoms with E-state index in [1.807, 2.05) is 24.3 Å². The Labute approximate surface area is 161 Å². The van der Waals surface area contributed by atoms with E-state index in [-0.39, 0.29) is 18.9 Å². The second-order valence-electron chi connectivity index (χ2n) is 6.29. The fourth-order valence-electron chi connectivity index (χ4n) is 2.65. The number of nitrogens with zero attached hydrogens (tertiary/aromatic N) is 3. The molecular weight excluding hydrogens is 366 g/mol. The van der Waals surface area contributed by atoms with Crippen molar-refractivity contribution < 1.29 is 18.3 Å². The Hall–Kier alpha value is -3.13. The van der Waals surface area contributed by atoms with Gasteiger partial charge in [0.2, 0.25) is 5.91 Å². The first kappa shape index (κ1) is 19.6. The molecule has 0 aliphatic rings. The first-order valence-corrected chi connectivity index (χ1v) is 8.74. The summed E-state index contributed by atoms with van der Waals surface area (Å²) in [6, 6.07) is 11.4. The van der Waals surface area contributed by atoms with Crippen molar-refractivity contribution in [2.75, 3.05) is 19.0 Å². The van der Waals surface area contributed by atoms with Crippen LogP contribution in [0.2, 0.25) is 0 Å². The van der Waals surface area contributed by atoms with E-state index in [0.29, 0.717) is 18.0 Å². The van der Waals surface area contributed by atoms with Crippen molar-refractivity contribution in [2.45, 2.75) is 19.4 Å². The number of methoxy groups -OCH3 is 1. The Balaban J connectivity index is 1.54. The Bertz CT molecular complexity index is 942. The molecule has 0 radical (unpaired) electrons. The van der Waals surface area contributed by atoms with Crippen molar-refractivity contribution in [3.05, 3.63) is 77.0 Å². The van der Waals surface area contributed by atoms with Gasteiger partial charge < -0.3 is 10.1 Å². The lowest BCUT2D eigenvalue weighted by atomic mass is 10.1. The van der Waals surface area contributed by atoms with Crippen LogP contribution in [0.4, 0.5) is 14.6 Å². The topological polar surface area (TPSA) is 69.0 Å². The van der Waals surface area contributed by atoms with Gasteiger partial charge in [-0.15, -0.1) is 5.10 Å². The quantitative estimate of drug-likeness (QED) is 0.646. The Morgan fingerprint density at radius 1 is 1.07 bits per heavy atom. The number of rotatable bonds is 8. The maximum Gasteiger partial charge on any atom is 0.230 e. The van der Waals surface area contributed by atoms with Gasteiger partial charge >= 0.3 is 0 Å². The lowest BCUT2D eigenvalue weighted by molar-refractivity contribution is -0.115. The smallest absolute Gasteiger partial charge is 0.230 e. The third kappa shape index (κ3) is 5.43. The van der Waals surface area contributed by atoms with Gasteiger partial charge in [-0.1, -0.05) is 30.3 Å². The van der Waals surface area contributed by atoms with Crippen LogP contribution in [-0.2, 0) is 28.9 Å². The Kier molecular flexibility index (Phi) is 6.44. The van der Waals surface area contributed by atoms with Crippen LogP contribution >= 0.6 is 0 Å². The minimum Gasteiger partial charge on any atom is -0.384 e. The number of amides is 1. The van der Waals surface area contributed by atoms with E-state index in [1.165, 1.54) is 17.1 Å². The molecule has 0 bridgehead atoms. The molecule has 1 N–H and O–H groups in total. The fraction of sp³-hybridized carbons (Fsp3) is 0.250. The predicted octanol–water partition coefficient (Wildman–Crippen LogP) is 2.97. The van der Waals surface area contributed by atoms with E-state index in [2.05, 4.69) is 15.5 Å². The molecule has 0 aliphatic carbocycles. The summed E-state index contributed by atoms with van der Waals surface area (Å²) in [6.07, 6.45) is 2.44. The molecule has 0 saturated carbocycles. The highest BCUT2D eigenvalue weighted by Gasteiger charge is 2.09. The zero-order chi connectivity index (χ0) is 19.9. The summed E-state index contributed by atoms with van der Waals surface area (Å²) in [6.45, 7) is 0.816. The third-order valence-corrected chi connectivity index (χ3v) is 4.09. The van der Waals surface area contributed by atoms with Gasteiger partial charge in [0.05, 0.1) is 25.8 Å². The van der Waals surface area contributed by atoms with Crippen LogP contribution in [0, 0.1) is 11.6 Å². The number of aromatic nitrogens is 3. The van der Waals surface area contributed by atoms with Crippen LogP contribution in [-0.4, -0.2) is 34.6 Å². The number of ether oxygens (including phenoxy) is 1. The van der Waals surface area contributed by atoms with Gasteiger partial charge in [0, 0.05) is 7.11 Å². The van der Waals surface area contributed by atoms with Crippen LogP contribution < -0.4 is 5.32 Å². The molecule has 0 unspecified atom stereocenters. The largest absolute Gasteiger partial charge is 0.384 e. The van der Waals surface area contributed by atoms with Gasteiger partial charge in [-0.25, -0.2) is 8.78 Å². The highest BCUT2D eigenvalue weighted by atomic mass is 19.2. The lowest BCUT2D eigenvalue weighted by Gasteiger charge is -2.04. The van der Waals surface area contributed by atoms with Gasteiger partial charge in [-0.3, -0.25) is 4.79 Å². The number of carbonyl (C=O) groups excluding carboxylic acids is 1. The lowest BCUT2D eigenvalue weighted by Crippen LogP contribution is -2.15. The van der Waals surface area contributed by atoms with Crippen molar-refractivity contribution in [2.24, 2.45) is 0 Å². The first-order valence-electron chi connectivity index (χ1n) is 8.74. The predicted molar refractivity (Wildman–Crippen MR) is 99.8 cm³/mol. The number of carbonyl (C=O) groups is 1. The maximum absolute atomic E-state index is 13.3. The number of hydrogen-bond acceptors (Lipinski definition) is 4. The molecule has 0 aliphatic heterocycles. The van der Waals surface area contributed by atoms with E-state index >= 15 is 0 Å². The van der Waals surface area contributed by atoms with Gasteiger partial charge in [0.15, 0.2) is 17.5 Å². The van der Waals surface area contributed by atoms with E-state index < -0.39 is 11.6 Å². The zero-order valence-corrected chi connectivity index (χ0v) is 15.4. The Morgan fingerprint density at radius 3 is 2.50 bits per heavy atom. The fourth-order valence-corrected chi connectivity index (χ4v) is 2.65. The maximum atomic E-state index is 13.3. The molecule has 0 atom stereocenters. The normalized spacial score (nSPS) is 10.8. The highest BCUT2D eigenvalue weighted by Crippen LogP contribution is 2.11. The molecular formula is C20H20F2N4O2. The molecule has 0 saturated heterocycles. The number of anilines is 1. The first-order chi connectivity index (χ1) is 13.5. The molecule has 1 heterocycles. The summed E-state index contributed by atoms with van der Waals surface area (Å²) in [5.41, 5.74) is 2.54. The van der Waals surface area contributed by atoms with Crippen LogP contribution in [0.5, 0.6) is 0 Å². The van der Waals surface area contributed by atoms with Gasteiger partial charge in [-0.05, 0) is 35.2 Å². The standard InChI is InChI=1S/C20H20F2N4O2/c1-28-9-8-14-2-4-15(5-3-14)11-20(27)24-19-12-23-26(25-19)13-16-6-7-17(21)18(22)10-16/h2-7,10,12H,8-9,11,13H2,1H3,(H,24,25,27). The molecule has 0 spiro atoms. The van der Waals surface area contributed by atoms with E-state index in [4.69, 9.17) is 4.74 Å². The number of hydrogen-bond donors (Lipinski definition) is 1. The van der Waals surface area contributed by atoms with Crippen LogP contribution in [0.25, 0.3) is 0 Å². The van der Waals surface area contributed by atoms with Crippen molar-refractivity contribution >= 4 is 11.7 Å². The van der Waals surface area contributed by atoms with E-state index in [0.717, 1.165) is 29.7 Å². The van der Waals surface area contributed by atoms with Gasteiger partial charge in [-0.2, -0.15) is 9.90 Å². The summed E-state index contributed by atoms with van der Waals surface area (Å²) in [5.74, 6) is -1.75. The average molecular weight is 386 g/mol. The number of nitrogens with one attached hydrogen (secondary N) is 1. The second kappa shape index (κ2) is 9.18. The van der Waals surface area contributed by atoms with Gasteiger partial charge in [0.25, 0.3) is 0 Å². The zero-order valence-electron chi connectivity index (χ0n) is 15.4. The molecule has 146 valence electrons. The SMILES string of the molecule is COCCc1ccc(CC(=O)Nc2cnn(Cc3ccc(F)c(F)c3)n2)cc1. The summed E-state index contributed by atoms with van der Waals surface area (Å²) in [5, 5.41) is 10.8. The van der Waals surface area contributed by atoms with Crippen molar-refractivity contribution in [1.29, 1.82) is 0 Å². The number of halogens is 2. The summed E-state index contributed by atoms with van der Waals surface area (Å²) >= 11 is 0. The van der Waals surface area contributed by atoms with E-state index in [1.54, 1.807) is 7.11 Å². The molecule has 28 heavy (non-hydrogen) atoms. The summed E-state index contributed by atoms with van der Waals surface area (Å²) in [4.78, 5) is 13.5. The van der Waals surface area contributed by atoms with Crippen LogP contribution in [0.1, 0.15) is 16.7 Å². The minimum atomic E-state index is -0.925. The van der Waals surface area contributed by atoms with Crippen molar-refractivity contribution in [3.8, 4) is 0 Å².